The second-order valence-corrected chi connectivity index (χ2v) is 4.05. The lowest BCUT2D eigenvalue weighted by molar-refractivity contribution is 0.469. The summed E-state index contributed by atoms with van der Waals surface area (Å²) >= 11 is 11.5. The highest BCUT2D eigenvalue weighted by molar-refractivity contribution is 6.41. The zero-order valence-electron chi connectivity index (χ0n) is 8.19. The lowest BCUT2D eigenvalue weighted by atomic mass is 10.1. The summed E-state index contributed by atoms with van der Waals surface area (Å²) in [5, 5.41) is 17.7. The fourth-order valence-corrected chi connectivity index (χ4v) is 1.59. The normalized spacial score (nSPS) is 10.4. The van der Waals surface area contributed by atoms with E-state index in [0.29, 0.717) is 17.1 Å². The number of hydrogen-bond acceptors (Lipinski definition) is 3. The molecule has 0 atom stereocenters. The van der Waals surface area contributed by atoms with Crippen LogP contribution in [0.4, 0.5) is 0 Å². The summed E-state index contributed by atoms with van der Waals surface area (Å²) in [7, 11) is 0. The van der Waals surface area contributed by atoms with Crippen molar-refractivity contribution in [3.05, 3.63) is 51.8 Å². The number of rotatable bonds is 2. The summed E-state index contributed by atoms with van der Waals surface area (Å²) in [5.74, 6) is 0.232. The van der Waals surface area contributed by atoms with E-state index in [-0.39, 0.29) is 10.9 Å². The number of nitrogens with zero attached hydrogens (tertiary/aromatic N) is 2. The zero-order chi connectivity index (χ0) is 11.5. The summed E-state index contributed by atoms with van der Waals surface area (Å²) in [6, 6.07) is 8.70. The summed E-state index contributed by atoms with van der Waals surface area (Å²) in [4.78, 5) is 0. The molecule has 0 unspecified atom stereocenters. The van der Waals surface area contributed by atoms with Crippen molar-refractivity contribution < 1.29 is 5.11 Å². The monoisotopic (exact) mass is 254 g/mol. The molecule has 0 amide bonds. The molecule has 0 spiro atoms. The Labute approximate surface area is 103 Å². The Balaban J connectivity index is 2.28. The van der Waals surface area contributed by atoms with Crippen molar-refractivity contribution in [3.8, 4) is 5.75 Å². The minimum Gasteiger partial charge on any atom is -0.508 e. The molecule has 1 heterocycles. The van der Waals surface area contributed by atoms with Crippen molar-refractivity contribution in [2.24, 2.45) is 0 Å². The predicted molar refractivity (Wildman–Crippen MR) is 63.0 cm³/mol. The van der Waals surface area contributed by atoms with Crippen LogP contribution < -0.4 is 0 Å². The maximum atomic E-state index is 9.59. The standard InChI is InChI=1S/C11H8Cl2N2O/c12-9-6-8(14-15-11(9)13)5-7-3-1-2-4-10(7)16/h1-4,6,16H,5H2. The highest BCUT2D eigenvalue weighted by atomic mass is 35.5. The first-order valence-corrected chi connectivity index (χ1v) is 5.37. The minimum absolute atomic E-state index is 0.183. The van der Waals surface area contributed by atoms with Gasteiger partial charge in [-0.3, -0.25) is 0 Å². The summed E-state index contributed by atoms with van der Waals surface area (Å²) in [6.45, 7) is 0. The van der Waals surface area contributed by atoms with Crippen LogP contribution in [0.3, 0.4) is 0 Å². The van der Waals surface area contributed by atoms with E-state index in [1.165, 1.54) is 0 Å². The first-order valence-electron chi connectivity index (χ1n) is 4.61. The van der Waals surface area contributed by atoms with Gasteiger partial charge in [-0.2, -0.15) is 5.10 Å². The number of halogens is 2. The van der Waals surface area contributed by atoms with Crippen LogP contribution >= 0.6 is 23.2 Å². The van der Waals surface area contributed by atoms with Gasteiger partial charge in [0.05, 0.1) is 10.7 Å². The molecule has 2 aromatic rings. The number of hydrogen-bond donors (Lipinski definition) is 1. The number of para-hydroxylation sites is 1. The molecule has 0 saturated heterocycles. The van der Waals surface area contributed by atoms with Gasteiger partial charge in [-0.15, -0.1) is 5.10 Å². The van der Waals surface area contributed by atoms with Crippen LogP contribution in [-0.2, 0) is 6.42 Å². The van der Waals surface area contributed by atoms with Gasteiger partial charge in [0.1, 0.15) is 5.75 Å². The van der Waals surface area contributed by atoms with Gasteiger partial charge in [0, 0.05) is 6.42 Å². The zero-order valence-corrected chi connectivity index (χ0v) is 9.70. The number of phenolic OH excluding ortho intramolecular Hbond substituents is 1. The maximum Gasteiger partial charge on any atom is 0.170 e. The van der Waals surface area contributed by atoms with E-state index in [2.05, 4.69) is 10.2 Å². The van der Waals surface area contributed by atoms with Crippen LogP contribution in [0.15, 0.2) is 30.3 Å². The lowest BCUT2D eigenvalue weighted by Gasteiger charge is -2.03. The van der Waals surface area contributed by atoms with Gasteiger partial charge in [0.15, 0.2) is 5.15 Å². The second kappa shape index (κ2) is 4.68. The van der Waals surface area contributed by atoms with Crippen LogP contribution in [0.2, 0.25) is 10.2 Å². The van der Waals surface area contributed by atoms with E-state index in [9.17, 15) is 5.11 Å². The molecular weight excluding hydrogens is 247 g/mol. The molecule has 16 heavy (non-hydrogen) atoms. The van der Waals surface area contributed by atoms with Gasteiger partial charge in [0.2, 0.25) is 0 Å². The van der Waals surface area contributed by atoms with Crippen molar-refractivity contribution in [2.75, 3.05) is 0 Å². The highest BCUT2D eigenvalue weighted by Gasteiger charge is 2.06. The predicted octanol–water partition coefficient (Wildman–Crippen LogP) is 3.08. The van der Waals surface area contributed by atoms with Crippen LogP contribution in [0, 0.1) is 0 Å². The van der Waals surface area contributed by atoms with E-state index < -0.39 is 0 Å². The topological polar surface area (TPSA) is 46.0 Å². The van der Waals surface area contributed by atoms with Gasteiger partial charge >= 0.3 is 0 Å². The molecule has 0 aliphatic heterocycles. The third-order valence-corrected chi connectivity index (χ3v) is 2.78. The third-order valence-electron chi connectivity index (χ3n) is 2.12. The Hall–Kier alpha value is -1.32. The van der Waals surface area contributed by atoms with E-state index >= 15 is 0 Å². The fraction of sp³-hybridized carbons (Fsp3) is 0.0909. The fourth-order valence-electron chi connectivity index (χ4n) is 1.33. The molecule has 1 aromatic carbocycles. The van der Waals surface area contributed by atoms with Crippen LogP contribution in [-0.4, -0.2) is 15.3 Å². The van der Waals surface area contributed by atoms with Gasteiger partial charge in [-0.05, 0) is 17.7 Å². The summed E-state index contributed by atoms with van der Waals surface area (Å²) in [6.07, 6.45) is 0.469. The van der Waals surface area contributed by atoms with Gasteiger partial charge < -0.3 is 5.11 Å². The lowest BCUT2D eigenvalue weighted by Crippen LogP contribution is -1.95. The minimum atomic E-state index is 0.183. The molecule has 1 N–H and O–H groups in total. The van der Waals surface area contributed by atoms with E-state index in [4.69, 9.17) is 23.2 Å². The average molecular weight is 255 g/mol. The van der Waals surface area contributed by atoms with Gasteiger partial charge in [0.25, 0.3) is 0 Å². The molecule has 0 radical (unpaired) electrons. The van der Waals surface area contributed by atoms with E-state index in [1.807, 2.05) is 12.1 Å². The van der Waals surface area contributed by atoms with Crippen molar-refractivity contribution in [1.82, 2.24) is 10.2 Å². The second-order valence-electron chi connectivity index (χ2n) is 3.28. The Bertz CT molecular complexity index is 517. The van der Waals surface area contributed by atoms with Crippen molar-refractivity contribution in [1.29, 1.82) is 0 Å². The Kier molecular flexibility index (Phi) is 3.27. The van der Waals surface area contributed by atoms with Crippen LogP contribution in [0.1, 0.15) is 11.3 Å². The molecular formula is C11H8Cl2N2O. The molecule has 1 aromatic heterocycles. The van der Waals surface area contributed by atoms with Crippen molar-refractivity contribution >= 4 is 23.2 Å². The van der Waals surface area contributed by atoms with E-state index in [0.717, 1.165) is 5.56 Å². The Morgan fingerprint density at radius 1 is 1.12 bits per heavy atom. The maximum absolute atomic E-state index is 9.59. The van der Waals surface area contributed by atoms with Crippen molar-refractivity contribution in [2.45, 2.75) is 6.42 Å². The number of aromatic nitrogens is 2. The Morgan fingerprint density at radius 2 is 1.88 bits per heavy atom. The smallest absolute Gasteiger partial charge is 0.170 e. The molecule has 0 fully saturated rings. The largest absolute Gasteiger partial charge is 0.508 e. The quantitative estimate of drug-likeness (QED) is 0.896. The van der Waals surface area contributed by atoms with Crippen LogP contribution in [0.25, 0.3) is 0 Å². The highest BCUT2D eigenvalue weighted by Crippen LogP contribution is 2.22. The Morgan fingerprint density at radius 3 is 2.56 bits per heavy atom. The molecule has 3 nitrogen and oxygen atoms in total. The van der Waals surface area contributed by atoms with E-state index in [1.54, 1.807) is 18.2 Å². The molecule has 0 aliphatic rings. The van der Waals surface area contributed by atoms with Crippen molar-refractivity contribution in [3.63, 3.8) is 0 Å². The molecule has 5 heteroatoms. The first kappa shape index (κ1) is 11.2. The molecule has 82 valence electrons. The van der Waals surface area contributed by atoms with Crippen LogP contribution in [0.5, 0.6) is 5.75 Å². The molecule has 2 rings (SSSR count). The molecule has 0 bridgehead atoms. The average Bonchev–Trinajstić information content (AvgIpc) is 2.27. The molecule has 0 aliphatic carbocycles. The number of aromatic hydroxyl groups is 1. The first-order chi connectivity index (χ1) is 7.66. The number of phenols is 1. The third kappa shape index (κ3) is 2.43. The SMILES string of the molecule is Oc1ccccc1Cc1cc(Cl)c(Cl)nn1. The van der Waals surface area contributed by atoms with Gasteiger partial charge in [-0.1, -0.05) is 41.4 Å². The summed E-state index contributed by atoms with van der Waals surface area (Å²) in [5.41, 5.74) is 1.44. The van der Waals surface area contributed by atoms with Gasteiger partial charge in [-0.25, -0.2) is 0 Å². The summed E-state index contributed by atoms with van der Waals surface area (Å²) < 4.78 is 0. The number of benzene rings is 1. The molecule has 0 saturated carbocycles.